The summed E-state index contributed by atoms with van der Waals surface area (Å²) >= 11 is 0. The molecule has 1 aliphatic rings. The van der Waals surface area contributed by atoms with E-state index in [9.17, 15) is 66.8 Å². The third kappa shape index (κ3) is 10.2. The van der Waals surface area contributed by atoms with E-state index in [4.69, 9.17) is 11.5 Å². The number of carbonyl (C=O) groups is 1. The summed E-state index contributed by atoms with van der Waals surface area (Å²) in [7, 11) is -19.5. The first-order valence-corrected chi connectivity index (χ1v) is 25.5. The van der Waals surface area contributed by atoms with Crippen LogP contribution >= 0.6 is 0 Å². The third-order valence-corrected chi connectivity index (χ3v) is 14.0. The van der Waals surface area contributed by atoms with Crippen molar-refractivity contribution < 1.29 is 61.6 Å². The molecule has 72 heavy (non-hydrogen) atoms. The molecule has 0 amide bonds. The maximum absolute atomic E-state index is 14.1. The van der Waals surface area contributed by atoms with Crippen LogP contribution in [0.5, 0.6) is 0 Å². The van der Waals surface area contributed by atoms with Gasteiger partial charge in [-0.1, -0.05) is 36.4 Å². The molecule has 0 bridgehead atoms. The maximum Gasteiger partial charge on any atom is 0.296 e. The van der Waals surface area contributed by atoms with E-state index in [0.717, 1.165) is 60.7 Å². The van der Waals surface area contributed by atoms with Crippen LogP contribution < -0.4 is 16.9 Å². The van der Waals surface area contributed by atoms with Crippen molar-refractivity contribution >= 4 is 136 Å². The molecule has 0 radical (unpaired) electrons. The van der Waals surface area contributed by atoms with Gasteiger partial charge in [0.2, 0.25) is 5.78 Å². The molecule has 0 aliphatic heterocycles. The van der Waals surface area contributed by atoms with E-state index in [1.807, 2.05) is 0 Å². The molecule has 366 valence electrons. The van der Waals surface area contributed by atoms with Crippen molar-refractivity contribution in [2.75, 3.05) is 16.9 Å². The van der Waals surface area contributed by atoms with Gasteiger partial charge >= 0.3 is 0 Å². The SMILES string of the molecule is Nc1cc(N)c([N+](=O)[O-])cc1N=Nc1ccc(S(=O)(=O)O)c2c1C(=O)/C(=N/Nc1ccc(N=Nc3ccc(N=Nc4cc(S(=O)(=O)O)ccc4S(=O)(=O)O)c4ccccc34)c3ccc(S(=O)(=O)O)cc13)C=C2. The predicted molar refractivity (Wildman–Crippen MR) is 259 cm³/mol. The molecule has 9 N–H and O–H groups in total. The van der Waals surface area contributed by atoms with Crippen molar-refractivity contribution in [3.05, 3.63) is 137 Å². The Hall–Kier alpha value is -8.62. The second-order valence-corrected chi connectivity index (χ2v) is 20.6. The van der Waals surface area contributed by atoms with Gasteiger partial charge in [0.15, 0.2) is 0 Å². The highest BCUT2D eigenvalue weighted by Gasteiger charge is 2.30. The highest BCUT2D eigenvalue weighted by atomic mass is 32.2. The minimum Gasteiger partial charge on any atom is -0.397 e. The first-order chi connectivity index (χ1) is 33.8. The van der Waals surface area contributed by atoms with Gasteiger partial charge in [0.05, 0.1) is 54.4 Å². The first kappa shape index (κ1) is 49.8. The summed E-state index contributed by atoms with van der Waals surface area (Å²) in [6.45, 7) is 0. The monoisotopic (exact) mass is 1060 g/mol. The number of carbonyl (C=O) groups excluding carboxylic acids is 1. The molecule has 0 aromatic heterocycles. The number of rotatable bonds is 13. The Morgan fingerprint density at radius 1 is 0.500 bits per heavy atom. The Morgan fingerprint density at radius 2 is 1.00 bits per heavy atom. The van der Waals surface area contributed by atoms with Crippen LogP contribution in [0.15, 0.2) is 171 Å². The number of nitrogen functional groups attached to an aromatic ring is 2. The van der Waals surface area contributed by atoms with Crippen molar-refractivity contribution in [3.63, 3.8) is 0 Å². The molecule has 0 atom stereocenters. The molecule has 8 rings (SSSR count). The molecular formula is C42H29N11O15S4. The number of benzene rings is 7. The van der Waals surface area contributed by atoms with E-state index in [-0.39, 0.29) is 67.5 Å². The lowest BCUT2D eigenvalue weighted by Gasteiger charge is -2.16. The fraction of sp³-hybridized carbons (Fsp3) is 0. The topological polar surface area (TPSA) is 428 Å². The van der Waals surface area contributed by atoms with Gasteiger partial charge in [0, 0.05) is 33.2 Å². The van der Waals surface area contributed by atoms with Gasteiger partial charge < -0.3 is 11.5 Å². The summed E-state index contributed by atoms with van der Waals surface area (Å²) in [5.74, 6) is -0.960. The van der Waals surface area contributed by atoms with Gasteiger partial charge in [-0.2, -0.15) is 38.8 Å². The van der Waals surface area contributed by atoms with Gasteiger partial charge in [0.25, 0.3) is 46.2 Å². The average Bonchev–Trinajstić information content (AvgIpc) is 3.30. The van der Waals surface area contributed by atoms with E-state index in [1.54, 1.807) is 24.3 Å². The summed E-state index contributed by atoms with van der Waals surface area (Å²) in [5.41, 5.74) is 11.7. The maximum atomic E-state index is 14.1. The molecule has 1 aliphatic carbocycles. The molecule has 30 heteroatoms. The van der Waals surface area contributed by atoms with Crippen molar-refractivity contribution in [3.8, 4) is 0 Å². The molecule has 0 saturated carbocycles. The predicted octanol–water partition coefficient (Wildman–Crippen LogP) is 8.98. The van der Waals surface area contributed by atoms with Gasteiger partial charge in [-0.15, -0.1) is 30.7 Å². The number of hydrogen-bond donors (Lipinski definition) is 7. The molecule has 0 spiro atoms. The number of fused-ring (bicyclic) bond motifs is 3. The fourth-order valence-electron chi connectivity index (χ4n) is 7.11. The zero-order valence-electron chi connectivity index (χ0n) is 35.7. The third-order valence-electron chi connectivity index (χ3n) is 10.4. The number of nitro benzene ring substituents is 1. The highest BCUT2D eigenvalue weighted by Crippen LogP contribution is 2.41. The number of nitrogens with one attached hydrogen (secondary N) is 1. The van der Waals surface area contributed by atoms with Crippen molar-refractivity contribution in [1.29, 1.82) is 0 Å². The summed E-state index contributed by atoms with van der Waals surface area (Å²) in [5, 5.41) is 41.4. The molecule has 0 fully saturated rings. The largest absolute Gasteiger partial charge is 0.397 e. The van der Waals surface area contributed by atoms with E-state index in [1.165, 1.54) is 30.3 Å². The Morgan fingerprint density at radius 3 is 1.58 bits per heavy atom. The van der Waals surface area contributed by atoms with E-state index in [0.29, 0.717) is 16.8 Å². The van der Waals surface area contributed by atoms with Crippen LogP contribution in [0.3, 0.4) is 0 Å². The molecule has 26 nitrogen and oxygen atoms in total. The van der Waals surface area contributed by atoms with Crippen molar-refractivity contribution in [2.24, 2.45) is 35.8 Å². The van der Waals surface area contributed by atoms with Gasteiger partial charge in [0.1, 0.15) is 32.6 Å². The lowest BCUT2D eigenvalue weighted by atomic mass is 9.93. The zero-order valence-corrected chi connectivity index (χ0v) is 39.0. The summed E-state index contributed by atoms with van der Waals surface area (Å²) in [6, 6.07) is 21.9. The number of hydrogen-bond acceptors (Lipinski definition) is 21. The highest BCUT2D eigenvalue weighted by molar-refractivity contribution is 7.86. The first-order valence-electron chi connectivity index (χ1n) is 19.7. The number of allylic oxidation sites excluding steroid dienone is 1. The summed E-state index contributed by atoms with van der Waals surface area (Å²) in [6.07, 6.45) is 2.25. The lowest BCUT2D eigenvalue weighted by Crippen LogP contribution is -2.20. The van der Waals surface area contributed by atoms with Crippen LogP contribution in [0.4, 0.5) is 56.9 Å². The molecular weight excluding hydrogens is 1030 g/mol. The number of Topliss-reactive ketones (excluding diaryl/α,β-unsaturated/α-hetero) is 1. The summed E-state index contributed by atoms with van der Waals surface area (Å²) < 4.78 is 136. The second kappa shape index (κ2) is 18.6. The average molecular weight is 1060 g/mol. The molecule has 0 heterocycles. The number of nitrogens with zero attached hydrogens (tertiary/aromatic N) is 8. The molecule has 0 unspecified atom stereocenters. The van der Waals surface area contributed by atoms with Crippen molar-refractivity contribution in [1.82, 2.24) is 0 Å². The van der Waals surface area contributed by atoms with Crippen LogP contribution in [0, 0.1) is 10.1 Å². The normalized spacial score (nSPS) is 14.1. The van der Waals surface area contributed by atoms with Gasteiger partial charge in [-0.05, 0) is 78.9 Å². The van der Waals surface area contributed by atoms with E-state index in [2.05, 4.69) is 41.2 Å². The lowest BCUT2D eigenvalue weighted by molar-refractivity contribution is -0.383. The fourth-order valence-corrected chi connectivity index (χ4v) is 9.41. The molecule has 7 aromatic rings. The van der Waals surface area contributed by atoms with E-state index >= 15 is 0 Å². The summed E-state index contributed by atoms with van der Waals surface area (Å²) in [4.78, 5) is 22.0. The van der Waals surface area contributed by atoms with Crippen molar-refractivity contribution in [2.45, 2.75) is 19.6 Å². The van der Waals surface area contributed by atoms with Gasteiger partial charge in [-0.25, -0.2) is 0 Å². The van der Waals surface area contributed by atoms with E-state index < -0.39 is 87.7 Å². The number of nitro groups is 1. The molecule has 0 saturated heterocycles. The number of ketones is 1. The van der Waals surface area contributed by atoms with Crippen LogP contribution in [-0.2, 0) is 40.5 Å². The Kier molecular flexibility index (Phi) is 12.9. The van der Waals surface area contributed by atoms with Crippen LogP contribution in [-0.4, -0.2) is 68.3 Å². The number of hydrazone groups is 1. The molecule has 7 aromatic carbocycles. The number of nitrogens with two attached hydrogens (primary N) is 2. The minimum absolute atomic E-state index is 0.0420. The quantitative estimate of drug-likeness (QED) is 0.0186. The Balaban J connectivity index is 1.15. The van der Waals surface area contributed by atoms with Crippen LogP contribution in [0.2, 0.25) is 0 Å². The second-order valence-electron chi connectivity index (χ2n) is 15.0. The van der Waals surface area contributed by atoms with Gasteiger partial charge in [-0.3, -0.25) is 38.5 Å². The Labute approximate surface area is 405 Å². The zero-order chi connectivity index (χ0) is 52.1. The number of azo groups is 3. The Bertz CT molecular complexity index is 4170. The standard InChI is InChI=1S/C42H29N11O15S4/c43-28-19-29(44)38(53(55)56)20-36(28)51-49-34-14-16-39(71(63,64)65)26-8-9-35(42(54)41(26)34)50-48-33-13-12-32(25-7-5-21(17-27(25)33)69(57,58)59)46-45-30-10-11-31(24-4-2-1-3-23(24)30)47-52-37-18-22(70(60,61)62)6-15-40(37)72(66,67)68/h1-20,48H,43-44H2,(H,57,58,59)(H,60,61,62)(H,63,64,65)(H,66,67,68)/b46-45?,50-35+,51-49?,52-47?. The minimum atomic E-state index is -4.93. The van der Waals surface area contributed by atoms with Crippen LogP contribution in [0.1, 0.15) is 15.9 Å². The van der Waals surface area contributed by atoms with Crippen LogP contribution in [0.25, 0.3) is 27.6 Å². The number of anilines is 3. The smallest absolute Gasteiger partial charge is 0.296 e.